The van der Waals surface area contributed by atoms with Crippen LogP contribution in [0.25, 0.3) is 93.9 Å². The van der Waals surface area contributed by atoms with Gasteiger partial charge < -0.3 is 9.47 Å². The van der Waals surface area contributed by atoms with E-state index in [2.05, 4.69) is 289 Å². The molecule has 1 unspecified atom stereocenters. The zero-order valence-electron chi connectivity index (χ0n) is 40.7. The molecule has 2 aliphatic rings. The van der Waals surface area contributed by atoms with Gasteiger partial charge in [-0.3, -0.25) is 0 Å². The maximum atomic E-state index is 2.56. The number of rotatable bonds is 8. The van der Waals surface area contributed by atoms with Crippen LogP contribution in [0.5, 0.6) is 0 Å². The minimum atomic E-state index is -0.631. The predicted octanol–water partition coefficient (Wildman–Crippen LogP) is 18.6. The molecule has 15 rings (SSSR count). The van der Waals surface area contributed by atoms with Crippen LogP contribution in [0.15, 0.2) is 279 Å². The number of benzene rings is 12. The molecule has 1 aromatic heterocycles. The molecule has 0 saturated heterocycles. The van der Waals surface area contributed by atoms with Crippen molar-refractivity contribution in [3.05, 3.63) is 307 Å². The van der Waals surface area contributed by atoms with Gasteiger partial charge in [0.1, 0.15) is 0 Å². The van der Waals surface area contributed by atoms with Crippen LogP contribution in [0.3, 0.4) is 0 Å². The second kappa shape index (κ2) is 16.8. The number of para-hydroxylation sites is 3. The highest BCUT2D eigenvalue weighted by atomic mass is 15.1. The minimum Gasteiger partial charge on any atom is -0.337 e. The summed E-state index contributed by atoms with van der Waals surface area (Å²) in [6.45, 7) is 0.628. The van der Waals surface area contributed by atoms with Crippen molar-refractivity contribution in [2.45, 2.75) is 12.0 Å². The molecule has 13 aromatic rings. The van der Waals surface area contributed by atoms with Crippen molar-refractivity contribution in [1.29, 1.82) is 0 Å². The van der Waals surface area contributed by atoms with Crippen molar-refractivity contribution in [1.82, 2.24) is 4.57 Å². The Morgan fingerprint density at radius 1 is 0.338 bits per heavy atom. The molecule has 2 nitrogen and oxygen atoms in total. The first-order chi connectivity index (χ1) is 36.7. The van der Waals surface area contributed by atoms with Crippen molar-refractivity contribution in [3.8, 4) is 61.3 Å². The molecule has 2 heteroatoms. The van der Waals surface area contributed by atoms with Gasteiger partial charge >= 0.3 is 0 Å². The van der Waals surface area contributed by atoms with Crippen LogP contribution in [0, 0.1) is 0 Å². The van der Waals surface area contributed by atoms with E-state index < -0.39 is 5.41 Å². The summed E-state index contributed by atoms with van der Waals surface area (Å²) in [4.78, 5) is 2.56. The summed E-state index contributed by atoms with van der Waals surface area (Å²) in [5, 5.41) is 5.07. The molecule has 0 aliphatic heterocycles. The van der Waals surface area contributed by atoms with Gasteiger partial charge in [-0.15, -0.1) is 0 Å². The highest BCUT2D eigenvalue weighted by Gasteiger charge is 2.51. The van der Waals surface area contributed by atoms with E-state index in [0.717, 1.165) is 17.1 Å². The van der Waals surface area contributed by atoms with Crippen LogP contribution < -0.4 is 4.90 Å². The smallest absolute Gasteiger partial charge is 0.0732 e. The number of fused-ring (bicyclic) bond motifs is 12. The molecule has 74 heavy (non-hydrogen) atoms. The van der Waals surface area contributed by atoms with Crippen molar-refractivity contribution >= 4 is 44.0 Å². The van der Waals surface area contributed by atoms with E-state index in [1.807, 2.05) is 0 Å². The quantitative estimate of drug-likeness (QED) is 0.147. The summed E-state index contributed by atoms with van der Waals surface area (Å²) in [6, 6.07) is 104. The average molecular weight is 941 g/mol. The molecule has 1 heterocycles. The second-order valence-electron chi connectivity index (χ2n) is 19.9. The lowest BCUT2D eigenvalue weighted by molar-refractivity contribution is 0.774. The molecule has 2 aliphatic carbocycles. The summed E-state index contributed by atoms with van der Waals surface area (Å²) >= 11 is 0. The van der Waals surface area contributed by atoms with E-state index in [1.54, 1.807) is 0 Å². The summed E-state index contributed by atoms with van der Waals surface area (Å²) in [7, 11) is 0. The van der Waals surface area contributed by atoms with Crippen molar-refractivity contribution in [2.24, 2.45) is 0 Å². The first-order valence-corrected chi connectivity index (χ1v) is 25.8. The zero-order valence-corrected chi connectivity index (χ0v) is 40.7. The fraction of sp³-hybridized carbons (Fsp3) is 0.0278. The topological polar surface area (TPSA) is 8.17 Å². The third-order valence-electron chi connectivity index (χ3n) is 16.1. The summed E-state index contributed by atoms with van der Waals surface area (Å²) in [5.74, 6) is 0. The molecular weight excluding hydrogens is 893 g/mol. The standard InChI is InChI=1S/C72H48N2/c1-4-20-48(21-5-1)56-28-10-11-29-57(56)50-38-41-53(42-39-50)73(47-52-25-19-34-64-62-32-14-17-37-68(62)74(71(52)64)54-26-8-3-9-27-54)55-43-45-61-59-30-12-15-35-65(59)72(67(61)46-55)66-36-16-13-31-60(66)63-33-18-24-51-40-44-58(70(72)69(51)63)49-22-6-2-7-23-49/h1-46H,47H2. The molecule has 0 radical (unpaired) electrons. The van der Waals surface area contributed by atoms with Crippen molar-refractivity contribution < 1.29 is 0 Å². The third kappa shape index (κ3) is 6.25. The van der Waals surface area contributed by atoms with Crippen LogP contribution in [-0.2, 0) is 12.0 Å². The Balaban J connectivity index is 0.994. The fourth-order valence-electron chi connectivity index (χ4n) is 13.0. The van der Waals surface area contributed by atoms with Gasteiger partial charge in [-0.1, -0.05) is 237 Å². The van der Waals surface area contributed by atoms with Gasteiger partial charge in [0.05, 0.1) is 23.0 Å². The maximum Gasteiger partial charge on any atom is 0.0732 e. The first kappa shape index (κ1) is 42.2. The van der Waals surface area contributed by atoms with Crippen molar-refractivity contribution in [3.63, 3.8) is 0 Å². The Labute approximate surface area is 431 Å². The van der Waals surface area contributed by atoms with Gasteiger partial charge in [0.25, 0.3) is 0 Å². The van der Waals surface area contributed by atoms with E-state index in [4.69, 9.17) is 0 Å². The minimum absolute atomic E-state index is 0.628. The van der Waals surface area contributed by atoms with Crippen LogP contribution in [0.4, 0.5) is 11.4 Å². The highest BCUT2D eigenvalue weighted by molar-refractivity contribution is 6.12. The molecule has 1 spiro atoms. The van der Waals surface area contributed by atoms with Gasteiger partial charge in [-0.2, -0.15) is 0 Å². The number of hydrogen-bond acceptors (Lipinski definition) is 1. The van der Waals surface area contributed by atoms with Gasteiger partial charge in [-0.05, 0) is 137 Å². The van der Waals surface area contributed by atoms with Crippen LogP contribution in [0.1, 0.15) is 27.8 Å². The van der Waals surface area contributed by atoms with Crippen molar-refractivity contribution in [2.75, 3.05) is 4.90 Å². The van der Waals surface area contributed by atoms with Crippen LogP contribution in [-0.4, -0.2) is 4.57 Å². The molecule has 346 valence electrons. The predicted molar refractivity (Wildman–Crippen MR) is 310 cm³/mol. The van der Waals surface area contributed by atoms with Gasteiger partial charge in [0.2, 0.25) is 0 Å². The fourth-order valence-corrected chi connectivity index (χ4v) is 13.0. The lowest BCUT2D eigenvalue weighted by Crippen LogP contribution is -2.33. The van der Waals surface area contributed by atoms with E-state index in [9.17, 15) is 0 Å². The number of anilines is 2. The lowest BCUT2D eigenvalue weighted by Gasteiger charge is -2.41. The number of hydrogen-bond donors (Lipinski definition) is 0. The largest absolute Gasteiger partial charge is 0.337 e. The molecule has 0 fully saturated rings. The van der Waals surface area contributed by atoms with E-state index >= 15 is 0 Å². The summed E-state index contributed by atoms with van der Waals surface area (Å²) < 4.78 is 2.47. The van der Waals surface area contributed by atoms with Crippen LogP contribution >= 0.6 is 0 Å². The van der Waals surface area contributed by atoms with E-state index in [1.165, 1.54) is 116 Å². The molecule has 0 amide bonds. The molecule has 12 aromatic carbocycles. The summed E-state index contributed by atoms with van der Waals surface area (Å²) in [6.07, 6.45) is 0. The molecule has 0 N–H and O–H groups in total. The number of aromatic nitrogens is 1. The van der Waals surface area contributed by atoms with Gasteiger partial charge in [-0.25, -0.2) is 0 Å². The lowest BCUT2D eigenvalue weighted by atomic mass is 9.60. The average Bonchev–Trinajstić information content (AvgIpc) is 4.11. The Kier molecular flexibility index (Phi) is 9.58. The normalized spacial score (nSPS) is 14.1. The van der Waals surface area contributed by atoms with E-state index in [-0.39, 0.29) is 0 Å². The summed E-state index contributed by atoms with van der Waals surface area (Å²) in [5.41, 5.74) is 24.2. The Morgan fingerprint density at radius 3 is 1.57 bits per heavy atom. The van der Waals surface area contributed by atoms with Gasteiger partial charge in [0.15, 0.2) is 0 Å². The number of nitrogens with zero attached hydrogens (tertiary/aromatic N) is 2. The monoisotopic (exact) mass is 940 g/mol. The van der Waals surface area contributed by atoms with E-state index in [0.29, 0.717) is 6.54 Å². The zero-order chi connectivity index (χ0) is 48.7. The molecule has 0 bridgehead atoms. The maximum absolute atomic E-state index is 2.56. The molecule has 1 atom stereocenters. The molecule has 0 saturated carbocycles. The van der Waals surface area contributed by atoms with Gasteiger partial charge in [0, 0.05) is 27.8 Å². The second-order valence-corrected chi connectivity index (χ2v) is 19.9. The van der Waals surface area contributed by atoms with Crippen LogP contribution in [0.2, 0.25) is 0 Å². The third-order valence-corrected chi connectivity index (χ3v) is 16.1. The SMILES string of the molecule is c1ccc(-c2ccccc2-c2ccc(N(Cc3cccc4c5ccccc5n(-c5ccccc5)c34)c3ccc4c(c3)C3(c5ccccc5-4)c4ccccc4-c4cccc5ccc(-c6ccccc6)c3c45)cc2)cc1. The Morgan fingerprint density at radius 2 is 0.851 bits per heavy atom. The Bertz CT molecular complexity index is 4320. The Hall–Kier alpha value is -9.50. The molecular formula is C72H48N2. The highest BCUT2D eigenvalue weighted by Crippen LogP contribution is 2.64. The first-order valence-electron chi connectivity index (χ1n) is 25.8.